The fourth-order valence-corrected chi connectivity index (χ4v) is 2.91. The van der Waals surface area contributed by atoms with E-state index in [4.69, 9.17) is 4.74 Å². The summed E-state index contributed by atoms with van der Waals surface area (Å²) in [5.41, 5.74) is 1.91. The smallest absolute Gasteiger partial charge is 0.122 e. The van der Waals surface area contributed by atoms with E-state index in [0.717, 1.165) is 31.1 Å². The second-order valence-corrected chi connectivity index (χ2v) is 5.94. The molecule has 2 N–H and O–H groups in total. The number of rotatable bonds is 6. The summed E-state index contributed by atoms with van der Waals surface area (Å²) in [6, 6.07) is 6.32. The van der Waals surface area contributed by atoms with Crippen molar-refractivity contribution in [1.29, 1.82) is 0 Å². The van der Waals surface area contributed by atoms with E-state index in [-0.39, 0.29) is 0 Å². The van der Waals surface area contributed by atoms with E-state index in [2.05, 4.69) is 17.4 Å². The number of hydrogen-bond donors (Lipinski definition) is 2. The standard InChI is InChI=1S/C14H21NO2S/c1-14(16,10-18-2)9-15-8-11-3-4-13-12(7-11)5-6-17-13/h3-4,7,15-16H,5-6,8-10H2,1-2H3. The topological polar surface area (TPSA) is 41.5 Å². The van der Waals surface area contributed by atoms with Crippen molar-refractivity contribution in [3.8, 4) is 5.75 Å². The summed E-state index contributed by atoms with van der Waals surface area (Å²) < 4.78 is 5.48. The molecule has 1 atom stereocenters. The molecule has 0 saturated carbocycles. The Labute approximate surface area is 113 Å². The third-order valence-corrected chi connectivity index (χ3v) is 3.95. The van der Waals surface area contributed by atoms with E-state index >= 15 is 0 Å². The maximum absolute atomic E-state index is 10.0. The number of fused-ring (bicyclic) bond motifs is 1. The van der Waals surface area contributed by atoms with Gasteiger partial charge in [-0.2, -0.15) is 11.8 Å². The minimum atomic E-state index is -0.640. The molecule has 4 heteroatoms. The first-order valence-corrected chi connectivity index (χ1v) is 7.67. The van der Waals surface area contributed by atoms with Gasteiger partial charge in [0.25, 0.3) is 0 Å². The maximum Gasteiger partial charge on any atom is 0.122 e. The lowest BCUT2D eigenvalue weighted by Gasteiger charge is -2.22. The number of thioether (sulfide) groups is 1. The minimum Gasteiger partial charge on any atom is -0.493 e. The van der Waals surface area contributed by atoms with Crippen molar-refractivity contribution in [1.82, 2.24) is 5.32 Å². The summed E-state index contributed by atoms with van der Waals surface area (Å²) in [6.45, 7) is 4.07. The van der Waals surface area contributed by atoms with Gasteiger partial charge in [-0.25, -0.2) is 0 Å². The lowest BCUT2D eigenvalue weighted by atomic mass is 10.1. The molecular weight excluding hydrogens is 246 g/mol. The molecule has 0 aromatic heterocycles. The van der Waals surface area contributed by atoms with Crippen LogP contribution in [0.3, 0.4) is 0 Å². The van der Waals surface area contributed by atoms with Crippen molar-refractivity contribution < 1.29 is 9.84 Å². The molecule has 2 rings (SSSR count). The zero-order valence-corrected chi connectivity index (χ0v) is 11.8. The molecule has 0 spiro atoms. The van der Waals surface area contributed by atoms with Gasteiger partial charge in [0.1, 0.15) is 5.75 Å². The molecule has 18 heavy (non-hydrogen) atoms. The molecular formula is C14H21NO2S. The molecule has 1 unspecified atom stereocenters. The molecule has 0 saturated heterocycles. The summed E-state index contributed by atoms with van der Waals surface area (Å²) >= 11 is 1.66. The highest BCUT2D eigenvalue weighted by Gasteiger charge is 2.18. The molecule has 3 nitrogen and oxygen atoms in total. The van der Waals surface area contributed by atoms with Crippen molar-refractivity contribution in [3.63, 3.8) is 0 Å². The molecule has 0 radical (unpaired) electrons. The van der Waals surface area contributed by atoms with Crippen LogP contribution in [0.1, 0.15) is 18.1 Å². The van der Waals surface area contributed by atoms with E-state index in [1.54, 1.807) is 11.8 Å². The van der Waals surface area contributed by atoms with E-state index < -0.39 is 5.60 Å². The number of nitrogens with one attached hydrogen (secondary N) is 1. The van der Waals surface area contributed by atoms with Gasteiger partial charge in [-0.05, 0) is 30.4 Å². The number of aliphatic hydroxyl groups is 1. The van der Waals surface area contributed by atoms with Crippen LogP contribution in [-0.4, -0.2) is 35.9 Å². The molecule has 1 aliphatic rings. The van der Waals surface area contributed by atoms with Gasteiger partial charge in [-0.15, -0.1) is 0 Å². The molecule has 1 aromatic rings. The highest BCUT2D eigenvalue weighted by molar-refractivity contribution is 7.98. The van der Waals surface area contributed by atoms with Crippen LogP contribution in [-0.2, 0) is 13.0 Å². The van der Waals surface area contributed by atoms with Crippen molar-refractivity contribution >= 4 is 11.8 Å². The van der Waals surface area contributed by atoms with Crippen LogP contribution in [0.15, 0.2) is 18.2 Å². The molecule has 0 aliphatic carbocycles. The van der Waals surface area contributed by atoms with Gasteiger partial charge in [0.15, 0.2) is 0 Å². The van der Waals surface area contributed by atoms with Crippen LogP contribution < -0.4 is 10.1 Å². The molecule has 0 bridgehead atoms. The van der Waals surface area contributed by atoms with Crippen LogP contribution in [0, 0.1) is 0 Å². The van der Waals surface area contributed by atoms with Gasteiger partial charge in [-0.3, -0.25) is 0 Å². The van der Waals surface area contributed by atoms with Crippen molar-refractivity contribution in [2.75, 3.05) is 25.2 Å². The van der Waals surface area contributed by atoms with E-state index in [1.807, 2.05) is 19.2 Å². The third kappa shape index (κ3) is 3.64. The number of benzene rings is 1. The predicted molar refractivity (Wildman–Crippen MR) is 76.4 cm³/mol. The Morgan fingerprint density at radius 1 is 1.50 bits per heavy atom. The Hall–Kier alpha value is -0.710. The molecule has 1 aromatic carbocycles. The Balaban J connectivity index is 1.84. The lowest BCUT2D eigenvalue weighted by molar-refractivity contribution is 0.0846. The highest BCUT2D eigenvalue weighted by Crippen LogP contribution is 2.25. The first kappa shape index (κ1) is 13.7. The van der Waals surface area contributed by atoms with E-state index in [9.17, 15) is 5.11 Å². The quantitative estimate of drug-likeness (QED) is 0.825. The molecule has 100 valence electrons. The monoisotopic (exact) mass is 267 g/mol. The molecule has 0 amide bonds. The van der Waals surface area contributed by atoms with Crippen LogP contribution in [0.5, 0.6) is 5.75 Å². The zero-order valence-electron chi connectivity index (χ0n) is 11.0. The average Bonchev–Trinajstić information content (AvgIpc) is 2.75. The normalized spacial score (nSPS) is 17.1. The molecule has 1 heterocycles. The summed E-state index contributed by atoms with van der Waals surface area (Å²) in [7, 11) is 0. The second kappa shape index (κ2) is 5.95. The summed E-state index contributed by atoms with van der Waals surface area (Å²) in [5.74, 6) is 1.77. The average molecular weight is 267 g/mol. The SMILES string of the molecule is CSCC(C)(O)CNCc1ccc2c(c1)CCO2. The first-order chi connectivity index (χ1) is 8.61. The second-order valence-electron chi connectivity index (χ2n) is 5.07. The first-order valence-electron chi connectivity index (χ1n) is 6.27. The Morgan fingerprint density at radius 2 is 2.33 bits per heavy atom. The van der Waals surface area contributed by atoms with Crippen LogP contribution >= 0.6 is 11.8 Å². The lowest BCUT2D eigenvalue weighted by Crippen LogP contribution is -2.39. The van der Waals surface area contributed by atoms with Crippen LogP contribution in [0.2, 0.25) is 0 Å². The fraction of sp³-hybridized carbons (Fsp3) is 0.571. The minimum absolute atomic E-state index is 0.613. The summed E-state index contributed by atoms with van der Waals surface area (Å²) in [5, 5.41) is 13.4. The zero-order chi connectivity index (χ0) is 13.0. The van der Waals surface area contributed by atoms with Gasteiger partial charge in [-0.1, -0.05) is 12.1 Å². The van der Waals surface area contributed by atoms with Crippen molar-refractivity contribution in [2.24, 2.45) is 0 Å². The largest absolute Gasteiger partial charge is 0.493 e. The molecule has 1 aliphatic heterocycles. The van der Waals surface area contributed by atoms with E-state index in [1.165, 1.54) is 11.1 Å². The number of hydrogen-bond acceptors (Lipinski definition) is 4. The third-order valence-electron chi connectivity index (χ3n) is 3.04. The van der Waals surface area contributed by atoms with Crippen LogP contribution in [0.4, 0.5) is 0 Å². The van der Waals surface area contributed by atoms with Crippen LogP contribution in [0.25, 0.3) is 0 Å². The highest BCUT2D eigenvalue weighted by atomic mass is 32.2. The van der Waals surface area contributed by atoms with Gasteiger partial charge in [0, 0.05) is 25.3 Å². The predicted octanol–water partition coefficient (Wildman–Crippen LogP) is 1.83. The van der Waals surface area contributed by atoms with Crippen molar-refractivity contribution in [3.05, 3.63) is 29.3 Å². The number of ether oxygens (including phenoxy) is 1. The Bertz CT molecular complexity index is 407. The Kier molecular flexibility index (Phi) is 4.54. The fourth-order valence-electron chi connectivity index (χ4n) is 2.19. The van der Waals surface area contributed by atoms with Crippen molar-refractivity contribution in [2.45, 2.75) is 25.5 Å². The van der Waals surface area contributed by atoms with Gasteiger partial charge >= 0.3 is 0 Å². The Morgan fingerprint density at radius 3 is 3.11 bits per heavy atom. The summed E-state index contributed by atoms with van der Waals surface area (Å²) in [4.78, 5) is 0. The van der Waals surface area contributed by atoms with Gasteiger partial charge < -0.3 is 15.2 Å². The maximum atomic E-state index is 10.0. The van der Waals surface area contributed by atoms with Gasteiger partial charge in [0.05, 0.1) is 12.2 Å². The van der Waals surface area contributed by atoms with E-state index in [0.29, 0.717) is 6.54 Å². The molecule has 0 fully saturated rings. The summed E-state index contributed by atoms with van der Waals surface area (Å²) in [6.07, 6.45) is 3.02. The van der Waals surface area contributed by atoms with Gasteiger partial charge in [0.2, 0.25) is 0 Å².